The molecule has 0 amide bonds. The summed E-state index contributed by atoms with van der Waals surface area (Å²) in [4.78, 5) is 0. The van der Waals surface area contributed by atoms with E-state index in [1.165, 1.54) is 0 Å². The molecule has 16 heteroatoms. The monoisotopic (exact) mass is 539 g/mol. The van der Waals surface area contributed by atoms with Crippen molar-refractivity contribution >= 4 is 0 Å². The van der Waals surface area contributed by atoms with Crippen molar-refractivity contribution < 1.29 is 54.3 Å². The van der Waals surface area contributed by atoms with Crippen LogP contribution in [0.1, 0.15) is 12.8 Å². The van der Waals surface area contributed by atoms with E-state index in [0.29, 0.717) is 0 Å². The van der Waals surface area contributed by atoms with Gasteiger partial charge in [0.2, 0.25) is 0 Å². The van der Waals surface area contributed by atoms with Crippen LogP contribution in [0.15, 0.2) is 0 Å². The third kappa shape index (κ3) is 5.66. The van der Waals surface area contributed by atoms with Gasteiger partial charge >= 0.3 is 0 Å². The fraction of sp³-hybridized carbons (Fsp3) is 1.00. The van der Waals surface area contributed by atoms with Crippen LogP contribution in [-0.4, -0.2) is 148 Å². The molecular formula is C21H41N5O11. The van der Waals surface area contributed by atoms with E-state index in [1.54, 1.807) is 7.05 Å². The maximum Gasteiger partial charge on any atom is 0.189 e. The van der Waals surface area contributed by atoms with Crippen molar-refractivity contribution in [2.24, 2.45) is 22.9 Å². The molecule has 216 valence electrons. The fourth-order valence-electron chi connectivity index (χ4n) is 5.46. The lowest BCUT2D eigenvalue weighted by molar-refractivity contribution is -0.373. The molecule has 0 aromatic rings. The van der Waals surface area contributed by atoms with Crippen LogP contribution in [0.25, 0.3) is 0 Å². The Labute approximate surface area is 213 Å². The molecule has 3 saturated heterocycles. The third-order valence-corrected chi connectivity index (χ3v) is 7.74. The summed E-state index contributed by atoms with van der Waals surface area (Å²) < 4.78 is 29.2. The summed E-state index contributed by atoms with van der Waals surface area (Å²) in [6, 6.07) is -4.05. The summed E-state index contributed by atoms with van der Waals surface area (Å²) in [6.45, 7) is -0.508. The molecule has 4 aliphatic rings. The van der Waals surface area contributed by atoms with E-state index in [-0.39, 0.29) is 12.8 Å². The highest BCUT2D eigenvalue weighted by atomic mass is 16.8. The number of aliphatic hydroxyl groups is 6. The number of fused-ring (bicyclic) bond motifs is 1. The van der Waals surface area contributed by atoms with Gasteiger partial charge in [0, 0.05) is 12.1 Å². The first-order valence-corrected chi connectivity index (χ1v) is 12.5. The van der Waals surface area contributed by atoms with E-state index in [9.17, 15) is 30.6 Å². The van der Waals surface area contributed by atoms with E-state index in [0.717, 1.165) is 0 Å². The number of nitrogens with one attached hydrogen (secondary N) is 1. The predicted octanol–water partition coefficient (Wildman–Crippen LogP) is -6.95. The minimum Gasteiger partial charge on any atom is -0.394 e. The van der Waals surface area contributed by atoms with Crippen LogP contribution in [0, 0.1) is 0 Å². The Morgan fingerprint density at radius 2 is 1.43 bits per heavy atom. The lowest BCUT2D eigenvalue weighted by atomic mass is 9.84. The van der Waals surface area contributed by atoms with Gasteiger partial charge in [-0.1, -0.05) is 0 Å². The van der Waals surface area contributed by atoms with E-state index in [4.69, 9.17) is 46.6 Å². The van der Waals surface area contributed by atoms with Crippen LogP contribution in [0.3, 0.4) is 0 Å². The smallest absolute Gasteiger partial charge is 0.189 e. The molecule has 1 aliphatic carbocycles. The second-order valence-electron chi connectivity index (χ2n) is 10.3. The molecule has 4 rings (SSSR count). The number of hydrogen-bond donors (Lipinski definition) is 11. The molecule has 0 spiro atoms. The molecule has 3 aliphatic heterocycles. The Morgan fingerprint density at radius 1 is 0.730 bits per heavy atom. The van der Waals surface area contributed by atoms with Crippen molar-refractivity contribution in [3.05, 3.63) is 0 Å². The average Bonchev–Trinajstić information content (AvgIpc) is 2.86. The zero-order valence-electron chi connectivity index (χ0n) is 20.5. The molecule has 4 fully saturated rings. The lowest BCUT2D eigenvalue weighted by Gasteiger charge is -2.51. The third-order valence-electron chi connectivity index (χ3n) is 7.74. The minimum atomic E-state index is -1.54. The van der Waals surface area contributed by atoms with Crippen LogP contribution in [0.2, 0.25) is 0 Å². The van der Waals surface area contributed by atoms with Gasteiger partial charge in [-0.05, 0) is 19.9 Å². The van der Waals surface area contributed by atoms with Crippen LogP contribution in [0.4, 0.5) is 0 Å². The standard InChI is InChI=1S/C21H41N5O11/c1-26-11-14(30)18-8(33-20(11)37-21-16(32)13(29)10(25)9(4-27)34-21)3-7(24)19(36-18)35-17-6(23)2-5(22)12(28)15(17)31/h5-21,26-32H,2-4,22-25H2,1H3/t5-,6?,7?,8+,9?,10-,11?,12?,13+,14?,15-,16?,17?,18?,19+,20-,21-/m1/s1. The van der Waals surface area contributed by atoms with Gasteiger partial charge in [0.15, 0.2) is 18.9 Å². The van der Waals surface area contributed by atoms with E-state index < -0.39 is 111 Å². The van der Waals surface area contributed by atoms with Gasteiger partial charge in [0.05, 0.1) is 36.9 Å². The van der Waals surface area contributed by atoms with Crippen LogP contribution in [0.5, 0.6) is 0 Å². The number of ether oxygens (including phenoxy) is 5. The van der Waals surface area contributed by atoms with Gasteiger partial charge in [-0.25, -0.2) is 0 Å². The van der Waals surface area contributed by atoms with Gasteiger partial charge < -0.3 is 82.6 Å². The van der Waals surface area contributed by atoms with E-state index in [2.05, 4.69) is 5.32 Å². The summed E-state index contributed by atoms with van der Waals surface area (Å²) in [7, 11) is 1.55. The summed E-state index contributed by atoms with van der Waals surface area (Å²) in [5.41, 5.74) is 24.0. The molecule has 17 atom stereocenters. The van der Waals surface area contributed by atoms with Gasteiger partial charge in [0.25, 0.3) is 0 Å². The zero-order valence-corrected chi connectivity index (χ0v) is 20.5. The van der Waals surface area contributed by atoms with Crippen molar-refractivity contribution in [2.75, 3.05) is 13.7 Å². The zero-order chi connectivity index (χ0) is 27.2. The van der Waals surface area contributed by atoms with Crippen molar-refractivity contribution in [2.45, 2.75) is 117 Å². The van der Waals surface area contributed by atoms with Crippen molar-refractivity contribution in [3.8, 4) is 0 Å². The highest BCUT2D eigenvalue weighted by Gasteiger charge is 2.54. The van der Waals surface area contributed by atoms with Gasteiger partial charge in [-0.3, -0.25) is 0 Å². The number of aliphatic hydroxyl groups excluding tert-OH is 6. The summed E-state index contributed by atoms with van der Waals surface area (Å²) >= 11 is 0. The molecule has 0 radical (unpaired) electrons. The number of rotatable bonds is 6. The van der Waals surface area contributed by atoms with Crippen LogP contribution >= 0.6 is 0 Å². The molecule has 37 heavy (non-hydrogen) atoms. The number of hydrogen-bond acceptors (Lipinski definition) is 16. The van der Waals surface area contributed by atoms with E-state index >= 15 is 0 Å². The molecule has 16 nitrogen and oxygen atoms in total. The number of likely N-dealkylation sites (N-methyl/N-ethyl adjacent to an activating group) is 1. The molecule has 0 bridgehead atoms. The van der Waals surface area contributed by atoms with Gasteiger partial charge in [0.1, 0.15) is 42.7 Å². The number of nitrogens with two attached hydrogens (primary N) is 4. The summed E-state index contributed by atoms with van der Waals surface area (Å²) in [6.07, 6.45) is -13.7. The second kappa shape index (κ2) is 11.8. The van der Waals surface area contributed by atoms with Crippen LogP contribution < -0.4 is 28.3 Å². The molecule has 0 aromatic heterocycles. The largest absolute Gasteiger partial charge is 0.394 e. The maximum absolute atomic E-state index is 11.1. The maximum atomic E-state index is 11.1. The molecular weight excluding hydrogens is 498 g/mol. The second-order valence-corrected chi connectivity index (χ2v) is 10.3. The Bertz CT molecular complexity index is 756. The molecule has 1 saturated carbocycles. The average molecular weight is 540 g/mol. The topological polar surface area (TPSA) is 284 Å². The highest BCUT2D eigenvalue weighted by Crippen LogP contribution is 2.35. The summed E-state index contributed by atoms with van der Waals surface area (Å²) in [5.74, 6) is 0. The normalized spacial score (nSPS) is 55.1. The Morgan fingerprint density at radius 3 is 2.08 bits per heavy atom. The van der Waals surface area contributed by atoms with Crippen molar-refractivity contribution in [1.82, 2.24) is 5.32 Å². The Balaban J connectivity index is 1.43. The Hall–Kier alpha value is -0.640. The first-order valence-electron chi connectivity index (χ1n) is 12.5. The van der Waals surface area contributed by atoms with Crippen LogP contribution in [-0.2, 0) is 23.7 Å². The Kier molecular flexibility index (Phi) is 9.40. The van der Waals surface area contributed by atoms with Crippen molar-refractivity contribution in [1.29, 1.82) is 0 Å². The molecule has 3 heterocycles. The lowest BCUT2D eigenvalue weighted by Crippen LogP contribution is -2.70. The van der Waals surface area contributed by atoms with Crippen molar-refractivity contribution in [3.63, 3.8) is 0 Å². The van der Waals surface area contributed by atoms with E-state index in [1.807, 2.05) is 0 Å². The predicted molar refractivity (Wildman–Crippen MR) is 123 cm³/mol. The molecule has 0 aromatic carbocycles. The first-order chi connectivity index (χ1) is 17.5. The first kappa shape index (κ1) is 29.3. The van der Waals surface area contributed by atoms with Gasteiger partial charge in [-0.2, -0.15) is 0 Å². The van der Waals surface area contributed by atoms with Gasteiger partial charge in [-0.15, -0.1) is 0 Å². The molecule has 15 N–H and O–H groups in total. The molecule has 9 unspecified atom stereocenters. The summed E-state index contributed by atoms with van der Waals surface area (Å²) in [5, 5.41) is 64.7. The SMILES string of the molecule is CNC1C(O)C2O[C@H](OC3C(N)C[C@@H](N)C(O)[C@H]3O)C(N)C[C@@H]2O[C@@H]1O[C@H]1OC(CO)[C@@H](N)[C@H](O)C1O. The quantitative estimate of drug-likeness (QED) is 0.149. The highest BCUT2D eigenvalue weighted by molar-refractivity contribution is 5.01. The fourth-order valence-corrected chi connectivity index (χ4v) is 5.46. The minimum absolute atomic E-state index is 0.156.